The Kier molecular flexibility index (Phi) is 35.8. The number of hydrogen-bond acceptors (Lipinski definition) is 24. The molecule has 4 aromatic carbocycles. The van der Waals surface area contributed by atoms with E-state index in [2.05, 4.69) is 18.9 Å². The van der Waals surface area contributed by atoms with Gasteiger partial charge >= 0.3 is 49.3 Å². The fourth-order valence-corrected chi connectivity index (χ4v) is 7.40. The molecule has 0 spiro atoms. The van der Waals surface area contributed by atoms with Crippen molar-refractivity contribution in [3.63, 3.8) is 0 Å². The van der Waals surface area contributed by atoms with Crippen LogP contribution >= 0.6 is 0 Å². The highest BCUT2D eigenvalue weighted by Crippen LogP contribution is 2.27. The topological polar surface area (TPSA) is 275 Å². The number of aliphatic hydroxyl groups is 2. The summed E-state index contributed by atoms with van der Waals surface area (Å²) in [4.78, 5) is 50.1. The van der Waals surface area contributed by atoms with Gasteiger partial charge in [-0.15, -0.1) is 52.7 Å². The maximum absolute atomic E-state index is 12.8. The summed E-state index contributed by atoms with van der Waals surface area (Å²) in [6.45, 7) is 0.743. The standard InChI is InChI=1S/C60H70F12O24/c1-39(91-51(37-89-55(77)43-9-17-49(18-10-43)95-59(67,68)69)35-83-29-25-79-23-27-81-31-45(73)33-87-53(75)41-5-13-47(14-6-41)93-57(61,62)63)85-21-3-4-22-86-40(2)92-52(38-90-56(78)44-11-19-50(20-12-44)96-60(70,71)72)36-84-30-26-80-24-28-82-32-46(74)34-88-54(76)42-7-15-48(16-8-42)94-58(64,65)66/h5-20,39-40,45-46,51-52,73-74H,3-4,21-38H2,1-2H3. The van der Waals surface area contributed by atoms with Gasteiger partial charge in [-0.1, -0.05) is 0 Å². The van der Waals surface area contributed by atoms with Crippen LogP contribution in [0, 0.1) is 0 Å². The first kappa shape index (κ1) is 81.1. The van der Waals surface area contributed by atoms with Crippen molar-refractivity contribution < 1.29 is 167 Å². The molecule has 4 aromatic rings. The summed E-state index contributed by atoms with van der Waals surface area (Å²) in [5.41, 5.74) is -0.391. The number of benzene rings is 4. The van der Waals surface area contributed by atoms with Crippen molar-refractivity contribution >= 4 is 23.9 Å². The second kappa shape index (κ2) is 42.3. The van der Waals surface area contributed by atoms with Crippen LogP contribution in [0.1, 0.15) is 68.1 Å². The van der Waals surface area contributed by atoms with Crippen LogP contribution in [0.15, 0.2) is 97.1 Å². The van der Waals surface area contributed by atoms with Crippen LogP contribution < -0.4 is 18.9 Å². The summed E-state index contributed by atoms with van der Waals surface area (Å²) in [5, 5.41) is 20.2. The number of esters is 4. The van der Waals surface area contributed by atoms with E-state index in [1.54, 1.807) is 13.8 Å². The van der Waals surface area contributed by atoms with Crippen LogP contribution in [-0.4, -0.2) is 215 Å². The number of unbranched alkanes of at least 4 members (excludes halogenated alkanes) is 1. The van der Waals surface area contributed by atoms with E-state index in [1.807, 2.05) is 0 Å². The lowest BCUT2D eigenvalue weighted by Crippen LogP contribution is -2.32. The minimum atomic E-state index is -4.96. The molecule has 6 unspecified atom stereocenters. The number of alkyl halides is 12. The highest BCUT2D eigenvalue weighted by molar-refractivity contribution is 5.91. The predicted molar refractivity (Wildman–Crippen MR) is 300 cm³/mol. The zero-order chi connectivity index (χ0) is 70.6. The molecule has 0 amide bonds. The van der Waals surface area contributed by atoms with Gasteiger partial charge in [0.1, 0.15) is 73.8 Å². The Labute approximate surface area is 540 Å². The van der Waals surface area contributed by atoms with Crippen molar-refractivity contribution in [2.24, 2.45) is 0 Å². The maximum atomic E-state index is 12.8. The smallest absolute Gasteiger partial charge is 0.459 e. The average molecular weight is 1400 g/mol. The Morgan fingerprint density at radius 2 is 0.552 bits per heavy atom. The van der Waals surface area contributed by atoms with Gasteiger partial charge in [0.15, 0.2) is 12.6 Å². The number of halogens is 12. The van der Waals surface area contributed by atoms with E-state index < -0.39 is 136 Å². The molecule has 0 bridgehead atoms. The molecule has 6 atom stereocenters. The van der Waals surface area contributed by atoms with Gasteiger partial charge in [-0.2, -0.15) is 0 Å². The van der Waals surface area contributed by atoms with Crippen molar-refractivity contribution in [3.05, 3.63) is 119 Å². The minimum Gasteiger partial charge on any atom is -0.459 e. The third-order valence-corrected chi connectivity index (χ3v) is 11.6. The Bertz CT molecular complexity index is 2640. The summed E-state index contributed by atoms with van der Waals surface area (Å²) >= 11 is 0. The van der Waals surface area contributed by atoms with E-state index >= 15 is 0 Å². The fourth-order valence-electron chi connectivity index (χ4n) is 7.40. The highest BCUT2D eigenvalue weighted by Gasteiger charge is 2.34. The van der Waals surface area contributed by atoms with Gasteiger partial charge in [0.25, 0.3) is 0 Å². The molecule has 96 heavy (non-hydrogen) atoms. The number of aliphatic hydroxyl groups excluding tert-OH is 2. The predicted octanol–water partition coefficient (Wildman–Crippen LogP) is 9.11. The maximum Gasteiger partial charge on any atom is 0.573 e. The van der Waals surface area contributed by atoms with Gasteiger partial charge < -0.3 is 95.5 Å². The largest absolute Gasteiger partial charge is 0.573 e. The van der Waals surface area contributed by atoms with Gasteiger partial charge in [-0.3, -0.25) is 0 Å². The van der Waals surface area contributed by atoms with Crippen molar-refractivity contribution in [2.75, 3.05) is 119 Å². The van der Waals surface area contributed by atoms with Crippen molar-refractivity contribution in [2.45, 2.75) is 89.1 Å². The van der Waals surface area contributed by atoms with Crippen molar-refractivity contribution in [3.8, 4) is 23.0 Å². The van der Waals surface area contributed by atoms with Crippen LogP contribution in [-0.2, 0) is 66.3 Å². The van der Waals surface area contributed by atoms with Crippen LogP contribution in [0.5, 0.6) is 23.0 Å². The molecule has 0 aliphatic rings. The number of rotatable bonds is 47. The Hall–Kier alpha value is -7.36. The van der Waals surface area contributed by atoms with E-state index in [0.717, 1.165) is 97.1 Å². The van der Waals surface area contributed by atoms with Gasteiger partial charge in [0.2, 0.25) is 0 Å². The second-order valence-electron chi connectivity index (χ2n) is 19.6. The summed E-state index contributed by atoms with van der Waals surface area (Å²) in [6, 6.07) is 15.9. The molecular formula is C60H70F12O24. The molecule has 36 heteroatoms. The quantitative estimate of drug-likeness (QED) is 0.0137. The molecule has 0 aliphatic carbocycles. The van der Waals surface area contributed by atoms with Crippen molar-refractivity contribution in [1.29, 1.82) is 0 Å². The molecule has 0 aromatic heterocycles. The molecule has 0 heterocycles. The minimum absolute atomic E-state index is 0.00879. The number of ether oxygens (including phenoxy) is 18. The summed E-state index contributed by atoms with van der Waals surface area (Å²) in [6.07, 6.45) is -25.2. The molecule has 0 saturated heterocycles. The van der Waals surface area contributed by atoms with Crippen LogP contribution in [0.3, 0.4) is 0 Å². The molecule has 0 aliphatic heterocycles. The molecule has 0 saturated carbocycles. The molecular weight excluding hydrogens is 1330 g/mol. The Balaban J connectivity index is 1.16. The van der Waals surface area contributed by atoms with Gasteiger partial charge in [0.05, 0.1) is 102 Å². The molecule has 0 radical (unpaired) electrons. The summed E-state index contributed by atoms with van der Waals surface area (Å²) < 4.78 is 243. The lowest BCUT2D eigenvalue weighted by atomic mass is 10.2. The SMILES string of the molecule is CC(OCCCCOC(C)OC(COCCOCCOCC(O)COC(=O)c1ccc(OC(F)(F)F)cc1)COC(=O)c1ccc(OC(F)(F)F)cc1)OC(COCCOCCOCC(O)COC(=O)c1ccc(OC(F)(F)F)cc1)COC(=O)c1ccc(OC(F)(F)F)cc1. The normalized spacial score (nSPS) is 14.0. The summed E-state index contributed by atoms with van der Waals surface area (Å²) in [5.74, 6) is -5.88. The Morgan fingerprint density at radius 3 is 0.802 bits per heavy atom. The monoisotopic (exact) mass is 1400 g/mol. The third-order valence-electron chi connectivity index (χ3n) is 11.6. The number of carbonyl (C=O) groups is 4. The van der Waals surface area contributed by atoms with E-state index in [-0.39, 0.29) is 115 Å². The molecule has 0 fully saturated rings. The first-order valence-corrected chi connectivity index (χ1v) is 28.9. The first-order valence-electron chi connectivity index (χ1n) is 28.9. The van der Waals surface area contributed by atoms with Gasteiger partial charge in [0, 0.05) is 13.2 Å². The van der Waals surface area contributed by atoms with Crippen LogP contribution in [0.2, 0.25) is 0 Å². The van der Waals surface area contributed by atoms with Crippen molar-refractivity contribution in [1.82, 2.24) is 0 Å². The lowest BCUT2D eigenvalue weighted by Gasteiger charge is -2.23. The number of carbonyl (C=O) groups excluding carboxylic acids is 4. The van der Waals surface area contributed by atoms with E-state index in [4.69, 9.17) is 66.3 Å². The Morgan fingerprint density at radius 1 is 0.323 bits per heavy atom. The third kappa shape index (κ3) is 37.8. The molecule has 2 N–H and O–H groups in total. The van der Waals surface area contributed by atoms with Crippen LogP contribution in [0.25, 0.3) is 0 Å². The van der Waals surface area contributed by atoms with Gasteiger partial charge in [-0.05, 0) is 124 Å². The van der Waals surface area contributed by atoms with E-state index in [1.165, 1.54) is 0 Å². The molecule has 4 rings (SSSR count). The highest BCUT2D eigenvalue weighted by atomic mass is 19.4. The lowest BCUT2D eigenvalue weighted by molar-refractivity contribution is -0.275. The van der Waals surface area contributed by atoms with Gasteiger partial charge in [-0.25, -0.2) is 19.2 Å². The average Bonchev–Trinajstić information content (AvgIpc) is 0.948. The van der Waals surface area contributed by atoms with E-state index in [0.29, 0.717) is 12.8 Å². The van der Waals surface area contributed by atoms with E-state index in [9.17, 15) is 82.1 Å². The zero-order valence-electron chi connectivity index (χ0n) is 51.3. The molecule has 24 nitrogen and oxygen atoms in total. The number of hydrogen-bond donors (Lipinski definition) is 2. The first-order chi connectivity index (χ1) is 45.4. The molecule has 538 valence electrons. The van der Waals surface area contributed by atoms with Crippen LogP contribution in [0.4, 0.5) is 52.7 Å². The second-order valence-corrected chi connectivity index (χ2v) is 19.6. The zero-order valence-corrected chi connectivity index (χ0v) is 51.3. The fraction of sp³-hybridized carbons (Fsp3) is 0.533. The summed E-state index contributed by atoms with van der Waals surface area (Å²) in [7, 11) is 0.